The lowest BCUT2D eigenvalue weighted by Crippen LogP contribution is -2.54. The molecule has 3 fully saturated rings. The van der Waals surface area contributed by atoms with Gasteiger partial charge in [0.15, 0.2) is 5.82 Å². The number of fused-ring (bicyclic) bond motifs is 4. The van der Waals surface area contributed by atoms with Crippen molar-refractivity contribution in [1.82, 2.24) is 34.8 Å². The number of piperazine rings is 1. The summed E-state index contributed by atoms with van der Waals surface area (Å²) in [6.07, 6.45) is 2.09. The Morgan fingerprint density at radius 2 is 1.61 bits per heavy atom. The third-order valence-corrected chi connectivity index (χ3v) is 13.6. The Hall–Kier alpha value is -5.25. The minimum Gasteiger partial charge on any atom is -0.371 e. The Kier molecular flexibility index (Phi) is 9.56. The molecular weight excluding hydrogens is 766 g/mol. The predicted molar refractivity (Wildman–Crippen MR) is 214 cm³/mol. The second kappa shape index (κ2) is 14.6. The number of nitrogens with one attached hydrogen (secondary N) is 1. The van der Waals surface area contributed by atoms with Gasteiger partial charge in [0.25, 0.3) is 11.8 Å². The summed E-state index contributed by atoms with van der Waals surface area (Å²) in [5.41, 5.74) is 5.24. The lowest BCUT2D eigenvalue weighted by molar-refractivity contribution is -0.136. The molecule has 2 aromatic heterocycles. The van der Waals surface area contributed by atoms with E-state index in [1.807, 2.05) is 42.2 Å². The number of imide groups is 2. The Bertz CT molecular complexity index is 2370. The molecule has 5 aliphatic heterocycles. The van der Waals surface area contributed by atoms with Crippen LogP contribution in [0.5, 0.6) is 0 Å². The molecule has 0 spiro atoms. The molecule has 0 saturated carbocycles. The zero-order valence-corrected chi connectivity index (χ0v) is 33.5. The van der Waals surface area contributed by atoms with Gasteiger partial charge in [0.1, 0.15) is 22.9 Å². The fourth-order valence-corrected chi connectivity index (χ4v) is 10.3. The van der Waals surface area contributed by atoms with Crippen molar-refractivity contribution in [3.05, 3.63) is 91.8 Å². The molecular formula is C41H42ClN9O5S. The van der Waals surface area contributed by atoms with Crippen LogP contribution >= 0.6 is 22.9 Å². The number of nitrogens with zero attached hydrogens (tertiary/aromatic N) is 8. The van der Waals surface area contributed by atoms with Gasteiger partial charge in [-0.15, -0.1) is 21.5 Å². The van der Waals surface area contributed by atoms with Gasteiger partial charge < -0.3 is 9.80 Å². The predicted octanol–water partition coefficient (Wildman–Crippen LogP) is 4.40. The lowest BCUT2D eigenvalue weighted by atomic mass is 9.99. The Balaban J connectivity index is 0.858. The van der Waals surface area contributed by atoms with Crippen molar-refractivity contribution in [2.45, 2.75) is 71.0 Å². The van der Waals surface area contributed by atoms with Crippen LogP contribution < -0.4 is 10.2 Å². The van der Waals surface area contributed by atoms with E-state index in [9.17, 15) is 24.0 Å². The van der Waals surface area contributed by atoms with E-state index in [-0.39, 0.29) is 30.7 Å². The van der Waals surface area contributed by atoms with Crippen LogP contribution in [0.1, 0.15) is 92.1 Å². The number of thiophene rings is 1. The van der Waals surface area contributed by atoms with Gasteiger partial charge in [-0.25, -0.2) is 0 Å². The number of hydrogen-bond donors (Lipinski definition) is 1. The highest BCUT2D eigenvalue weighted by molar-refractivity contribution is 7.15. The van der Waals surface area contributed by atoms with Crippen LogP contribution in [0.15, 0.2) is 47.5 Å². The summed E-state index contributed by atoms with van der Waals surface area (Å²) in [6.45, 7) is 10.3. The first kappa shape index (κ1) is 37.3. The maximum atomic E-state index is 14.1. The summed E-state index contributed by atoms with van der Waals surface area (Å²) in [6, 6.07) is 11.7. The van der Waals surface area contributed by atoms with Gasteiger partial charge in [0, 0.05) is 72.8 Å². The van der Waals surface area contributed by atoms with Crippen molar-refractivity contribution >= 4 is 63.9 Å². The van der Waals surface area contributed by atoms with Crippen LogP contribution in [0.3, 0.4) is 0 Å². The summed E-state index contributed by atoms with van der Waals surface area (Å²) in [5, 5.41) is 12.9. The number of rotatable bonds is 6. The first-order chi connectivity index (χ1) is 27.5. The van der Waals surface area contributed by atoms with Crippen molar-refractivity contribution < 1.29 is 24.0 Å². The second-order valence-electron chi connectivity index (χ2n) is 15.4. The number of aliphatic imine (C=N–C) groups is 1. The van der Waals surface area contributed by atoms with Crippen LogP contribution in [0.2, 0.25) is 5.02 Å². The van der Waals surface area contributed by atoms with Crippen molar-refractivity contribution in [3.63, 3.8) is 0 Å². The van der Waals surface area contributed by atoms with Crippen LogP contribution in [-0.2, 0) is 14.4 Å². The van der Waals surface area contributed by atoms with Crippen molar-refractivity contribution in [2.24, 2.45) is 4.99 Å². The third-order valence-electron chi connectivity index (χ3n) is 12.2. The third kappa shape index (κ3) is 6.45. The smallest absolute Gasteiger partial charge is 0.264 e. The molecule has 0 bridgehead atoms. The van der Waals surface area contributed by atoms with Crippen LogP contribution in [0.25, 0.3) is 5.00 Å². The van der Waals surface area contributed by atoms with Crippen LogP contribution in [0, 0.1) is 20.8 Å². The van der Waals surface area contributed by atoms with Gasteiger partial charge in [-0.3, -0.25) is 48.6 Å². The highest BCUT2D eigenvalue weighted by atomic mass is 35.5. The molecule has 1 N–H and O–H groups in total. The van der Waals surface area contributed by atoms with Crippen LogP contribution in [-0.4, -0.2) is 116 Å². The Morgan fingerprint density at radius 3 is 2.33 bits per heavy atom. The van der Waals surface area contributed by atoms with Crippen LogP contribution in [0.4, 0.5) is 5.69 Å². The number of halogens is 1. The van der Waals surface area contributed by atoms with Gasteiger partial charge in [-0.05, 0) is 69.9 Å². The van der Waals surface area contributed by atoms with E-state index in [0.29, 0.717) is 54.3 Å². The molecule has 2 atom stereocenters. The Morgan fingerprint density at radius 1 is 0.877 bits per heavy atom. The van der Waals surface area contributed by atoms with Gasteiger partial charge in [0.2, 0.25) is 17.7 Å². The van der Waals surface area contributed by atoms with Gasteiger partial charge in [-0.1, -0.05) is 29.8 Å². The molecule has 294 valence electrons. The number of carbonyl (C=O) groups excluding carboxylic acids is 5. The molecule has 14 nitrogen and oxygen atoms in total. The topological polar surface area (TPSA) is 153 Å². The summed E-state index contributed by atoms with van der Waals surface area (Å²) >= 11 is 7.96. The molecule has 9 rings (SSSR count). The maximum Gasteiger partial charge on any atom is 0.264 e. The first-order valence-electron chi connectivity index (χ1n) is 19.5. The number of aryl methyl sites for hydroxylation is 2. The number of amides is 5. The monoisotopic (exact) mass is 807 g/mol. The largest absolute Gasteiger partial charge is 0.371 e. The zero-order chi connectivity index (χ0) is 39.7. The summed E-state index contributed by atoms with van der Waals surface area (Å²) in [4.78, 5) is 79.6. The molecule has 2 aromatic carbocycles. The molecule has 4 aromatic rings. The van der Waals surface area contributed by atoms with Crippen molar-refractivity contribution in [3.8, 4) is 5.00 Å². The van der Waals surface area contributed by atoms with Crippen molar-refractivity contribution in [1.29, 1.82) is 0 Å². The van der Waals surface area contributed by atoms with E-state index in [1.54, 1.807) is 23.5 Å². The summed E-state index contributed by atoms with van der Waals surface area (Å²) in [5.74, 6) is -0.562. The van der Waals surface area contributed by atoms with E-state index in [2.05, 4.69) is 43.7 Å². The van der Waals surface area contributed by atoms with Gasteiger partial charge in [0.05, 0.1) is 28.9 Å². The molecule has 16 heteroatoms. The molecule has 57 heavy (non-hydrogen) atoms. The number of piperidine rings is 2. The highest BCUT2D eigenvalue weighted by Crippen LogP contribution is 2.40. The molecule has 5 aliphatic rings. The molecule has 0 radical (unpaired) electrons. The van der Waals surface area contributed by atoms with E-state index < -0.39 is 35.7 Å². The fraction of sp³-hybridized carbons (Fsp3) is 0.415. The first-order valence-corrected chi connectivity index (χ1v) is 20.7. The van der Waals surface area contributed by atoms with E-state index >= 15 is 0 Å². The van der Waals surface area contributed by atoms with Gasteiger partial charge in [-0.2, -0.15) is 0 Å². The number of aromatic nitrogens is 3. The van der Waals surface area contributed by atoms with E-state index in [0.717, 1.165) is 64.1 Å². The number of benzene rings is 2. The molecule has 5 amide bonds. The minimum absolute atomic E-state index is 0.0301. The molecule has 7 heterocycles. The maximum absolute atomic E-state index is 14.1. The molecule has 0 aliphatic carbocycles. The number of hydrogen-bond acceptors (Lipinski definition) is 11. The SMILES string of the molecule is Cc1sc2c(c1C)C(c1ccc(Cl)cc1)=N[C@@H](CC(=O)N1CCN(C3CCN(c4cccc5c4C(=O)N(C4CCC(=O)NC4=O)C5=O)CC3)CC1)c1nnc(C)n1-2. The summed E-state index contributed by atoms with van der Waals surface area (Å²) in [7, 11) is 0. The Labute approximate surface area is 338 Å². The van der Waals surface area contributed by atoms with E-state index in [1.165, 1.54) is 4.88 Å². The van der Waals surface area contributed by atoms with Crippen molar-refractivity contribution in [2.75, 3.05) is 44.2 Å². The zero-order valence-electron chi connectivity index (χ0n) is 32.0. The lowest BCUT2D eigenvalue weighted by Gasteiger charge is -2.43. The quantitative estimate of drug-likeness (QED) is 0.280. The summed E-state index contributed by atoms with van der Waals surface area (Å²) < 4.78 is 2.07. The standard InChI is InChI=1S/C41H42ClN9O5S/c1-22-23(2)57-41-34(22)36(25-7-9-26(42)10-8-25)43-29(37-46-45-24(3)50(37)41)21-33(53)49-19-17-47(18-20-49)27-13-15-48(16-14-27)30-6-4-5-28-35(30)40(56)51(39(28)55)31-11-12-32(52)44-38(31)54/h4-10,27,29,31H,11-21H2,1-3H3,(H,44,52,54)/t29-,31?/m0/s1. The average molecular weight is 808 g/mol. The number of carbonyl (C=O) groups is 5. The second-order valence-corrected chi connectivity index (χ2v) is 17.0. The average Bonchev–Trinajstić information content (AvgIpc) is 3.79. The van der Waals surface area contributed by atoms with Gasteiger partial charge >= 0.3 is 0 Å². The van der Waals surface area contributed by atoms with E-state index in [4.69, 9.17) is 16.6 Å². The highest BCUT2D eigenvalue weighted by Gasteiger charge is 2.46. The fourth-order valence-electron chi connectivity index (χ4n) is 9.00. The number of anilines is 1. The molecule has 1 unspecified atom stereocenters. The minimum atomic E-state index is -1.00. The molecule has 3 saturated heterocycles. The normalized spacial score (nSPS) is 21.6.